The molecule has 1 amide bonds. The van der Waals surface area contributed by atoms with E-state index < -0.39 is 17.8 Å². The first-order valence-electron chi connectivity index (χ1n) is 12.9. The van der Waals surface area contributed by atoms with Gasteiger partial charge in [-0.05, 0) is 57.7 Å². The molecule has 1 fully saturated rings. The molecule has 11 heteroatoms. The van der Waals surface area contributed by atoms with Crippen LogP contribution in [0.2, 0.25) is 0 Å². The van der Waals surface area contributed by atoms with E-state index in [0.29, 0.717) is 48.5 Å². The maximum atomic E-state index is 11.3. The van der Waals surface area contributed by atoms with Crippen LogP contribution in [0.25, 0.3) is 16.8 Å². The monoisotopic (exact) mass is 529 g/mol. The van der Waals surface area contributed by atoms with Crippen LogP contribution in [0.15, 0.2) is 42.7 Å². The number of aromatic nitrogens is 5. The molecule has 11 nitrogen and oxygen atoms in total. The minimum atomic E-state index is -1.06. The van der Waals surface area contributed by atoms with Crippen LogP contribution in [-0.2, 0) is 5.60 Å². The van der Waals surface area contributed by atoms with Crippen molar-refractivity contribution in [2.45, 2.75) is 58.3 Å². The second kappa shape index (κ2) is 10.0. The summed E-state index contributed by atoms with van der Waals surface area (Å²) in [7, 11) is 0. The van der Waals surface area contributed by atoms with Gasteiger partial charge in [0, 0.05) is 24.8 Å². The van der Waals surface area contributed by atoms with E-state index in [1.165, 1.54) is 11.1 Å². The fraction of sp³-hybridized carbons (Fsp3) is 0.393. The summed E-state index contributed by atoms with van der Waals surface area (Å²) in [6.07, 6.45) is 3.27. The molecule has 0 radical (unpaired) electrons. The Morgan fingerprint density at radius 2 is 1.97 bits per heavy atom. The van der Waals surface area contributed by atoms with Crippen molar-refractivity contribution in [2.24, 2.45) is 0 Å². The second-order valence-electron chi connectivity index (χ2n) is 10.4. The van der Waals surface area contributed by atoms with Crippen molar-refractivity contribution >= 4 is 11.6 Å². The van der Waals surface area contributed by atoms with Gasteiger partial charge in [0.15, 0.2) is 0 Å². The number of piperidine rings is 1. The molecule has 202 valence electrons. The van der Waals surface area contributed by atoms with Crippen LogP contribution in [0.5, 0.6) is 5.75 Å². The van der Waals surface area contributed by atoms with Gasteiger partial charge < -0.3 is 19.8 Å². The fourth-order valence-corrected chi connectivity index (χ4v) is 5.30. The fourth-order valence-electron chi connectivity index (χ4n) is 5.30. The van der Waals surface area contributed by atoms with Gasteiger partial charge >= 0.3 is 6.09 Å². The van der Waals surface area contributed by atoms with Crippen LogP contribution >= 0.6 is 0 Å². The first-order valence-corrected chi connectivity index (χ1v) is 12.9. The van der Waals surface area contributed by atoms with E-state index >= 15 is 0 Å². The highest BCUT2D eigenvalue weighted by Crippen LogP contribution is 2.36. The topological polar surface area (TPSA) is 142 Å². The lowest BCUT2D eigenvalue weighted by molar-refractivity contribution is 0.0747. The predicted octanol–water partition coefficient (Wildman–Crippen LogP) is 4.46. The van der Waals surface area contributed by atoms with Crippen molar-refractivity contribution in [3.63, 3.8) is 0 Å². The highest BCUT2D eigenvalue weighted by molar-refractivity contribution is 5.75. The first kappa shape index (κ1) is 26.2. The number of carbonyl (C=O) groups is 1. The molecule has 2 N–H and O–H groups in total. The molecule has 1 unspecified atom stereocenters. The van der Waals surface area contributed by atoms with Crippen LogP contribution in [0.1, 0.15) is 68.1 Å². The molecule has 0 bridgehead atoms. The SMILES string of the molecule is Cc1c(-c2cc(OC(C)c3ccccc3C(C)(C)O)c3c(C#N)cnn3c2)nnn1C1CCN(C(=O)O)CC1. The van der Waals surface area contributed by atoms with Gasteiger partial charge in [-0.3, -0.25) is 0 Å². The molecule has 1 saturated heterocycles. The largest absolute Gasteiger partial charge is 0.484 e. The third-order valence-electron chi connectivity index (χ3n) is 7.34. The van der Waals surface area contributed by atoms with E-state index in [9.17, 15) is 20.3 Å². The van der Waals surface area contributed by atoms with Gasteiger partial charge in [0.2, 0.25) is 0 Å². The Labute approximate surface area is 225 Å². The number of hydrogen-bond donors (Lipinski definition) is 2. The summed E-state index contributed by atoms with van der Waals surface area (Å²) < 4.78 is 9.95. The number of carboxylic acid groups (broad SMARTS) is 1. The van der Waals surface area contributed by atoms with Gasteiger partial charge in [-0.15, -0.1) is 5.10 Å². The van der Waals surface area contributed by atoms with Crippen molar-refractivity contribution in [3.05, 3.63) is 65.1 Å². The van der Waals surface area contributed by atoms with E-state index in [4.69, 9.17) is 4.74 Å². The smallest absolute Gasteiger partial charge is 0.407 e. The minimum absolute atomic E-state index is 0.0505. The Balaban J connectivity index is 1.52. The average Bonchev–Trinajstić information content (AvgIpc) is 3.51. The van der Waals surface area contributed by atoms with Gasteiger partial charge in [0.05, 0.1) is 23.5 Å². The van der Waals surface area contributed by atoms with E-state index in [0.717, 1.165) is 22.4 Å². The number of nitriles is 1. The summed E-state index contributed by atoms with van der Waals surface area (Å²) in [5.41, 5.74) is 3.68. The number of likely N-dealkylation sites (tertiary alicyclic amines) is 1. The van der Waals surface area contributed by atoms with Crippen LogP contribution in [0, 0.1) is 18.3 Å². The second-order valence-corrected chi connectivity index (χ2v) is 10.4. The van der Waals surface area contributed by atoms with Crippen molar-refractivity contribution in [1.29, 1.82) is 5.26 Å². The molecule has 39 heavy (non-hydrogen) atoms. The van der Waals surface area contributed by atoms with E-state index in [2.05, 4.69) is 21.5 Å². The highest BCUT2D eigenvalue weighted by Gasteiger charge is 2.28. The molecule has 1 atom stereocenters. The summed E-state index contributed by atoms with van der Waals surface area (Å²) in [6, 6.07) is 11.7. The summed E-state index contributed by atoms with van der Waals surface area (Å²) in [5, 5.41) is 43.0. The molecular formula is C28H31N7O4. The van der Waals surface area contributed by atoms with Crippen molar-refractivity contribution in [3.8, 4) is 23.1 Å². The molecule has 3 aromatic heterocycles. The number of aliphatic hydroxyl groups is 1. The molecule has 4 heterocycles. The number of fused-ring (bicyclic) bond motifs is 1. The third-order valence-corrected chi connectivity index (χ3v) is 7.34. The molecule has 5 rings (SSSR count). The summed E-state index contributed by atoms with van der Waals surface area (Å²) in [6.45, 7) is 8.22. The molecule has 4 aromatic rings. The Kier molecular flexibility index (Phi) is 6.74. The lowest BCUT2D eigenvalue weighted by Gasteiger charge is -2.30. The number of benzene rings is 1. The quantitative estimate of drug-likeness (QED) is 0.373. The van der Waals surface area contributed by atoms with Crippen LogP contribution < -0.4 is 4.74 Å². The summed E-state index contributed by atoms with van der Waals surface area (Å²) in [5.74, 6) is 0.461. The number of pyridine rings is 1. The molecule has 0 spiro atoms. The lowest BCUT2D eigenvalue weighted by atomic mass is 9.91. The van der Waals surface area contributed by atoms with Gasteiger partial charge in [0.1, 0.15) is 34.7 Å². The molecule has 1 aliphatic rings. The molecule has 1 aliphatic heterocycles. The van der Waals surface area contributed by atoms with Crippen molar-refractivity contribution < 1.29 is 19.7 Å². The number of nitrogens with zero attached hydrogens (tertiary/aromatic N) is 7. The lowest BCUT2D eigenvalue weighted by Crippen LogP contribution is -2.38. The molecule has 1 aromatic carbocycles. The van der Waals surface area contributed by atoms with Crippen LogP contribution in [0.4, 0.5) is 4.79 Å². The third kappa shape index (κ3) is 4.91. The molecule has 0 saturated carbocycles. The van der Waals surface area contributed by atoms with Crippen LogP contribution in [0.3, 0.4) is 0 Å². The van der Waals surface area contributed by atoms with Crippen molar-refractivity contribution in [1.82, 2.24) is 29.5 Å². The normalized spacial score (nSPS) is 15.3. The van der Waals surface area contributed by atoms with Gasteiger partial charge in [-0.1, -0.05) is 29.5 Å². The highest BCUT2D eigenvalue weighted by atomic mass is 16.5. The zero-order valence-corrected chi connectivity index (χ0v) is 22.4. The van der Waals surface area contributed by atoms with E-state index in [-0.39, 0.29) is 6.04 Å². The summed E-state index contributed by atoms with van der Waals surface area (Å²) >= 11 is 0. The van der Waals surface area contributed by atoms with E-state index in [1.54, 1.807) is 24.6 Å². The zero-order valence-electron chi connectivity index (χ0n) is 22.4. The van der Waals surface area contributed by atoms with Crippen molar-refractivity contribution in [2.75, 3.05) is 13.1 Å². The number of rotatable bonds is 6. The first-order chi connectivity index (χ1) is 18.6. The average molecular weight is 530 g/mol. The number of amides is 1. The molecular weight excluding hydrogens is 498 g/mol. The molecule has 0 aliphatic carbocycles. The Morgan fingerprint density at radius 3 is 2.64 bits per heavy atom. The maximum Gasteiger partial charge on any atom is 0.407 e. The van der Waals surface area contributed by atoms with Gasteiger partial charge in [-0.2, -0.15) is 10.4 Å². The zero-order chi connectivity index (χ0) is 27.9. The minimum Gasteiger partial charge on any atom is -0.484 e. The Morgan fingerprint density at radius 1 is 1.26 bits per heavy atom. The van der Waals surface area contributed by atoms with Crippen LogP contribution in [-0.4, -0.2) is 58.9 Å². The number of hydrogen-bond acceptors (Lipinski definition) is 7. The summed E-state index contributed by atoms with van der Waals surface area (Å²) in [4.78, 5) is 12.7. The van der Waals surface area contributed by atoms with E-state index in [1.807, 2.05) is 48.9 Å². The predicted molar refractivity (Wildman–Crippen MR) is 142 cm³/mol. The maximum absolute atomic E-state index is 11.3. The Bertz CT molecular complexity index is 1570. The van der Waals surface area contributed by atoms with Gasteiger partial charge in [-0.25, -0.2) is 14.0 Å². The standard InChI is InChI=1S/C28H31N7O4/c1-17-25(31-32-35(17)21-9-11-33(12-10-21)27(36)37)19-13-24(26-20(14-29)15-30-34(26)16-19)39-18(2)22-7-5-6-8-23(22)28(3,4)38/h5-8,13,15-16,18,21,38H,9-12H2,1-4H3,(H,36,37). The Hall–Kier alpha value is -4.43. The van der Waals surface area contributed by atoms with Gasteiger partial charge in [0.25, 0.3) is 0 Å². The number of ether oxygens (including phenoxy) is 1.